The first kappa shape index (κ1) is 24.6. The summed E-state index contributed by atoms with van der Waals surface area (Å²) in [6, 6.07) is 4.58. The predicted molar refractivity (Wildman–Crippen MR) is 122 cm³/mol. The van der Waals surface area contributed by atoms with Crippen LogP contribution in [0.1, 0.15) is 105 Å². The van der Waals surface area contributed by atoms with Crippen molar-refractivity contribution in [1.29, 1.82) is 0 Å². The van der Waals surface area contributed by atoms with Crippen LogP contribution >= 0.6 is 0 Å². The summed E-state index contributed by atoms with van der Waals surface area (Å²) >= 11 is 0. The molecule has 0 spiro atoms. The lowest BCUT2D eigenvalue weighted by atomic mass is 10.1. The van der Waals surface area contributed by atoms with Crippen LogP contribution in [-0.2, 0) is 0 Å². The number of carboxylic acids is 1. The Morgan fingerprint density at radius 3 is 2.06 bits per heavy atom. The zero-order valence-corrected chi connectivity index (χ0v) is 18.7. The number of hydrogen-bond donors (Lipinski definition) is 1. The highest BCUT2D eigenvalue weighted by atomic mass is 16.5. The molecule has 170 valence electrons. The van der Waals surface area contributed by atoms with E-state index >= 15 is 0 Å². The molecule has 0 saturated carbocycles. The van der Waals surface area contributed by atoms with Gasteiger partial charge in [0.2, 0.25) is 0 Å². The van der Waals surface area contributed by atoms with Gasteiger partial charge in [0.1, 0.15) is 12.1 Å². The third-order valence-electron chi connectivity index (χ3n) is 5.46. The number of unbranched alkanes of at least 4 members (excludes halogenated alkanes) is 11. The number of hydrogen-bond acceptors (Lipinski definition) is 4. The highest BCUT2D eigenvalue weighted by Crippen LogP contribution is 2.20. The number of rotatable bonds is 16. The van der Waals surface area contributed by atoms with Gasteiger partial charge in [-0.2, -0.15) is 0 Å². The summed E-state index contributed by atoms with van der Waals surface area (Å²) in [5.41, 5.74) is 0.0501. The van der Waals surface area contributed by atoms with Crippen molar-refractivity contribution in [3.8, 4) is 5.75 Å². The highest BCUT2D eigenvalue weighted by molar-refractivity contribution is 6.05. The molecule has 0 fully saturated rings. The molecule has 1 aromatic carbocycles. The van der Waals surface area contributed by atoms with E-state index < -0.39 is 11.9 Å². The summed E-state index contributed by atoms with van der Waals surface area (Å²) in [6.45, 7) is 2.80. The molecule has 1 heterocycles. The maximum atomic E-state index is 12.4. The average Bonchev–Trinajstić information content (AvgIpc) is 3.31. The lowest BCUT2D eigenvalue weighted by Crippen LogP contribution is -2.15. The normalized spacial score (nSPS) is 10.9. The lowest BCUT2D eigenvalue weighted by molar-refractivity contribution is 0.0690. The first-order chi connectivity index (χ1) is 15.1. The number of aromatic nitrogens is 2. The van der Waals surface area contributed by atoms with Crippen LogP contribution in [0.2, 0.25) is 0 Å². The fourth-order valence-electron chi connectivity index (χ4n) is 3.63. The SMILES string of the molecule is CCCCCCCCCCCCCCOc1ccc(C(=O)n2ccnc2)c(C(=O)O)c1. The maximum absolute atomic E-state index is 12.4. The Kier molecular flexibility index (Phi) is 11.4. The van der Waals surface area contributed by atoms with E-state index in [9.17, 15) is 14.7 Å². The van der Waals surface area contributed by atoms with Gasteiger partial charge in [-0.15, -0.1) is 0 Å². The smallest absolute Gasteiger partial charge is 0.336 e. The van der Waals surface area contributed by atoms with Crippen LogP contribution < -0.4 is 4.74 Å². The average molecular weight is 429 g/mol. The van der Waals surface area contributed by atoms with E-state index in [4.69, 9.17) is 4.74 Å². The van der Waals surface area contributed by atoms with Crippen molar-refractivity contribution in [2.45, 2.75) is 84.0 Å². The van der Waals surface area contributed by atoms with Crippen LogP contribution in [0, 0.1) is 0 Å². The van der Waals surface area contributed by atoms with Gasteiger partial charge in [0.25, 0.3) is 5.91 Å². The largest absolute Gasteiger partial charge is 0.494 e. The molecule has 0 aliphatic carbocycles. The summed E-state index contributed by atoms with van der Waals surface area (Å²) in [5.74, 6) is -1.11. The number of aromatic carboxylic acids is 1. The molecule has 2 rings (SSSR count). The Morgan fingerprint density at radius 2 is 1.52 bits per heavy atom. The minimum atomic E-state index is -1.15. The summed E-state index contributed by atoms with van der Waals surface area (Å²) in [6.07, 6.45) is 19.7. The van der Waals surface area contributed by atoms with Crippen LogP contribution in [0.5, 0.6) is 5.75 Å². The van der Waals surface area contributed by atoms with E-state index in [0.717, 1.165) is 12.8 Å². The number of nitrogens with zero attached hydrogens (tertiary/aromatic N) is 2. The molecule has 31 heavy (non-hydrogen) atoms. The molecular weight excluding hydrogens is 392 g/mol. The number of carboxylic acid groups (broad SMARTS) is 1. The van der Waals surface area contributed by atoms with Gasteiger partial charge in [0.05, 0.1) is 17.7 Å². The molecule has 0 aliphatic heterocycles. The number of carbonyl (C=O) groups excluding carboxylic acids is 1. The summed E-state index contributed by atoms with van der Waals surface area (Å²) in [4.78, 5) is 27.9. The van der Waals surface area contributed by atoms with Crippen molar-refractivity contribution in [2.24, 2.45) is 0 Å². The Morgan fingerprint density at radius 1 is 0.903 bits per heavy atom. The van der Waals surface area contributed by atoms with E-state index in [-0.39, 0.29) is 11.1 Å². The fourth-order valence-corrected chi connectivity index (χ4v) is 3.63. The van der Waals surface area contributed by atoms with Crippen molar-refractivity contribution < 1.29 is 19.4 Å². The second kappa shape index (κ2) is 14.4. The van der Waals surface area contributed by atoms with Crippen LogP contribution in [-0.4, -0.2) is 33.1 Å². The van der Waals surface area contributed by atoms with Crippen molar-refractivity contribution in [3.05, 3.63) is 48.0 Å². The molecule has 0 amide bonds. The molecule has 0 radical (unpaired) electrons. The number of ether oxygens (including phenoxy) is 1. The Hall–Kier alpha value is -2.63. The summed E-state index contributed by atoms with van der Waals surface area (Å²) < 4.78 is 6.98. The molecule has 1 N–H and O–H groups in total. The lowest BCUT2D eigenvalue weighted by Gasteiger charge is -2.10. The first-order valence-electron chi connectivity index (χ1n) is 11.7. The van der Waals surface area contributed by atoms with Crippen molar-refractivity contribution in [1.82, 2.24) is 9.55 Å². The van der Waals surface area contributed by atoms with E-state index in [2.05, 4.69) is 11.9 Å². The van der Waals surface area contributed by atoms with Gasteiger partial charge in [-0.1, -0.05) is 77.6 Å². The van der Waals surface area contributed by atoms with Gasteiger partial charge in [0, 0.05) is 12.4 Å². The fraction of sp³-hybridized carbons (Fsp3) is 0.560. The first-order valence-corrected chi connectivity index (χ1v) is 11.7. The third-order valence-corrected chi connectivity index (χ3v) is 5.46. The molecule has 2 aromatic rings. The zero-order chi connectivity index (χ0) is 22.3. The molecular formula is C25H36N2O4. The number of carbonyl (C=O) groups is 2. The quantitative estimate of drug-likeness (QED) is 0.315. The Bertz CT molecular complexity index is 787. The van der Waals surface area contributed by atoms with Crippen molar-refractivity contribution in [2.75, 3.05) is 6.61 Å². The van der Waals surface area contributed by atoms with Crippen LogP contribution in [0.25, 0.3) is 0 Å². The third kappa shape index (κ3) is 8.95. The molecule has 0 atom stereocenters. The summed E-state index contributed by atoms with van der Waals surface area (Å²) in [5, 5.41) is 9.49. The highest BCUT2D eigenvalue weighted by Gasteiger charge is 2.18. The van der Waals surface area contributed by atoms with Gasteiger partial charge < -0.3 is 9.84 Å². The molecule has 0 saturated heterocycles. The van der Waals surface area contributed by atoms with Gasteiger partial charge in [-0.05, 0) is 24.6 Å². The Labute approximate surface area is 185 Å². The molecule has 6 nitrogen and oxygen atoms in total. The maximum Gasteiger partial charge on any atom is 0.336 e. The topological polar surface area (TPSA) is 81.4 Å². The monoisotopic (exact) mass is 428 g/mol. The van der Waals surface area contributed by atoms with Crippen LogP contribution in [0.3, 0.4) is 0 Å². The number of imidazole rings is 1. The van der Waals surface area contributed by atoms with Gasteiger partial charge in [-0.25, -0.2) is 9.78 Å². The van der Waals surface area contributed by atoms with E-state index in [1.807, 2.05) is 0 Å². The Balaban J connectivity index is 1.64. The molecule has 0 aliphatic rings. The van der Waals surface area contributed by atoms with Crippen molar-refractivity contribution in [3.63, 3.8) is 0 Å². The molecule has 6 heteroatoms. The van der Waals surface area contributed by atoms with Gasteiger partial charge >= 0.3 is 5.97 Å². The van der Waals surface area contributed by atoms with Crippen LogP contribution in [0.4, 0.5) is 0 Å². The second-order valence-corrected chi connectivity index (χ2v) is 8.03. The van der Waals surface area contributed by atoms with Crippen LogP contribution in [0.15, 0.2) is 36.9 Å². The molecule has 0 unspecified atom stereocenters. The predicted octanol–water partition coefficient (Wildman–Crippen LogP) is 6.35. The van der Waals surface area contributed by atoms with E-state index in [0.29, 0.717) is 12.4 Å². The minimum absolute atomic E-state index is 0.0640. The van der Waals surface area contributed by atoms with Crippen molar-refractivity contribution >= 4 is 11.9 Å². The number of benzene rings is 1. The van der Waals surface area contributed by atoms with E-state index in [1.165, 1.54) is 99.6 Å². The summed E-state index contributed by atoms with van der Waals surface area (Å²) in [7, 11) is 0. The zero-order valence-electron chi connectivity index (χ0n) is 18.7. The second-order valence-electron chi connectivity index (χ2n) is 8.03. The molecule has 0 bridgehead atoms. The van der Waals surface area contributed by atoms with Gasteiger partial charge in [-0.3, -0.25) is 9.36 Å². The minimum Gasteiger partial charge on any atom is -0.494 e. The van der Waals surface area contributed by atoms with E-state index in [1.54, 1.807) is 6.07 Å². The van der Waals surface area contributed by atoms with Gasteiger partial charge in [0.15, 0.2) is 0 Å². The standard InChI is InChI=1S/C25H36N2O4/c1-2-3-4-5-6-7-8-9-10-11-12-13-18-31-21-14-15-22(23(19-21)25(29)30)24(28)27-17-16-26-20-27/h14-17,19-20H,2-13,18H2,1H3,(H,29,30). The molecule has 1 aromatic heterocycles.